The van der Waals surface area contributed by atoms with Crippen LogP contribution < -0.4 is 5.32 Å². The third-order valence-electron chi connectivity index (χ3n) is 4.75. The Bertz CT molecular complexity index is 451. The number of thioether (sulfide) groups is 1. The molecule has 104 valence electrons. The number of nitrogens with zero attached hydrogens (tertiary/aromatic N) is 2. The van der Waals surface area contributed by atoms with Crippen LogP contribution in [-0.4, -0.2) is 22.3 Å². The molecule has 1 heterocycles. The zero-order valence-corrected chi connectivity index (χ0v) is 12.7. The number of hydrogen-bond donors (Lipinski definition) is 1. The summed E-state index contributed by atoms with van der Waals surface area (Å²) in [6, 6.07) is 0.621. The Balaban J connectivity index is 1.89. The lowest BCUT2D eigenvalue weighted by molar-refractivity contribution is 0.647. The molecule has 0 aromatic carbocycles. The Kier molecular flexibility index (Phi) is 3.70. The second-order valence-corrected chi connectivity index (χ2v) is 6.65. The van der Waals surface area contributed by atoms with E-state index < -0.39 is 0 Å². The van der Waals surface area contributed by atoms with Crippen molar-refractivity contribution in [3.8, 4) is 0 Å². The topological polar surface area (TPSA) is 37.8 Å². The second kappa shape index (κ2) is 5.31. The first-order valence-corrected chi connectivity index (χ1v) is 8.68. The van der Waals surface area contributed by atoms with Crippen LogP contribution in [0.25, 0.3) is 0 Å². The summed E-state index contributed by atoms with van der Waals surface area (Å²) in [5, 5.41) is 4.59. The minimum atomic E-state index is 0.373. The highest BCUT2D eigenvalue weighted by Gasteiger charge is 2.45. The van der Waals surface area contributed by atoms with Crippen LogP contribution in [-0.2, 0) is 5.41 Å². The maximum absolute atomic E-state index is 4.75. The number of nitrogens with one attached hydrogen (secondary N) is 1. The van der Waals surface area contributed by atoms with Gasteiger partial charge in [0.25, 0.3) is 0 Å². The highest BCUT2D eigenvalue weighted by Crippen LogP contribution is 2.52. The van der Waals surface area contributed by atoms with Gasteiger partial charge >= 0.3 is 0 Å². The van der Waals surface area contributed by atoms with Gasteiger partial charge in [0, 0.05) is 23.2 Å². The molecule has 3 nitrogen and oxygen atoms in total. The van der Waals surface area contributed by atoms with Crippen molar-refractivity contribution in [2.75, 3.05) is 11.6 Å². The van der Waals surface area contributed by atoms with Gasteiger partial charge in [0.1, 0.15) is 5.82 Å². The van der Waals surface area contributed by atoms with Crippen LogP contribution in [0.1, 0.15) is 57.4 Å². The molecule has 0 spiro atoms. The maximum atomic E-state index is 4.75. The zero-order valence-electron chi connectivity index (χ0n) is 11.9. The summed E-state index contributed by atoms with van der Waals surface area (Å²) in [6.07, 6.45) is 13.2. The molecule has 0 unspecified atom stereocenters. The molecule has 2 fully saturated rings. The summed E-state index contributed by atoms with van der Waals surface area (Å²) in [5.74, 6) is 1.12. The Morgan fingerprint density at radius 3 is 2.68 bits per heavy atom. The van der Waals surface area contributed by atoms with Crippen LogP contribution in [0.5, 0.6) is 0 Å². The highest BCUT2D eigenvalue weighted by atomic mass is 32.2. The molecule has 0 saturated heterocycles. The minimum Gasteiger partial charge on any atom is -0.367 e. The normalized spacial score (nSPS) is 21.6. The molecule has 1 aromatic heterocycles. The van der Waals surface area contributed by atoms with Crippen LogP contribution in [0, 0.1) is 0 Å². The molecule has 0 radical (unpaired) electrons. The Morgan fingerprint density at radius 1 is 1.37 bits per heavy atom. The van der Waals surface area contributed by atoms with E-state index >= 15 is 0 Å². The third-order valence-corrected chi connectivity index (χ3v) is 5.31. The summed E-state index contributed by atoms with van der Waals surface area (Å²) in [5.41, 5.74) is 1.73. The van der Waals surface area contributed by atoms with Crippen LogP contribution >= 0.6 is 11.8 Å². The zero-order chi connectivity index (χ0) is 13.3. The van der Waals surface area contributed by atoms with Crippen LogP contribution in [0.2, 0.25) is 0 Å². The molecule has 2 aliphatic carbocycles. The van der Waals surface area contributed by atoms with Gasteiger partial charge in [-0.1, -0.05) is 31.5 Å². The molecule has 0 amide bonds. The lowest BCUT2D eigenvalue weighted by atomic mass is 9.95. The predicted octanol–water partition coefficient (Wildman–Crippen LogP) is 3.99. The molecule has 3 rings (SSSR count). The maximum Gasteiger partial charge on any atom is 0.189 e. The summed E-state index contributed by atoms with van der Waals surface area (Å²) in [7, 11) is 0. The Morgan fingerprint density at radius 2 is 2.11 bits per heavy atom. The molecule has 0 aliphatic heterocycles. The Hall–Kier alpha value is -0.770. The van der Waals surface area contributed by atoms with E-state index in [1.54, 1.807) is 11.8 Å². The molecule has 1 aromatic rings. The van der Waals surface area contributed by atoms with Crippen molar-refractivity contribution < 1.29 is 0 Å². The van der Waals surface area contributed by atoms with E-state index in [1.165, 1.54) is 50.5 Å². The first-order chi connectivity index (χ1) is 9.27. The predicted molar refractivity (Wildman–Crippen MR) is 80.9 cm³/mol. The van der Waals surface area contributed by atoms with Gasteiger partial charge in [0.2, 0.25) is 0 Å². The van der Waals surface area contributed by atoms with Gasteiger partial charge in [0.15, 0.2) is 5.16 Å². The summed E-state index contributed by atoms with van der Waals surface area (Å²) < 4.78 is 0. The highest BCUT2D eigenvalue weighted by molar-refractivity contribution is 7.98. The van der Waals surface area contributed by atoms with E-state index in [0.29, 0.717) is 11.5 Å². The minimum absolute atomic E-state index is 0.373. The van der Waals surface area contributed by atoms with Gasteiger partial charge in [-0.2, -0.15) is 0 Å². The van der Waals surface area contributed by atoms with E-state index in [0.717, 1.165) is 11.0 Å². The SMILES string of the molecule is CCC1(c2cnc(SC)nc2NC2CCCC2)CC1. The van der Waals surface area contributed by atoms with E-state index in [9.17, 15) is 0 Å². The van der Waals surface area contributed by atoms with Crippen LogP contribution in [0.3, 0.4) is 0 Å². The summed E-state index contributed by atoms with van der Waals surface area (Å²) in [4.78, 5) is 9.25. The Labute approximate surface area is 120 Å². The number of aromatic nitrogens is 2. The molecule has 2 aliphatic rings. The largest absolute Gasteiger partial charge is 0.367 e. The fourth-order valence-electron chi connectivity index (χ4n) is 3.19. The van der Waals surface area contributed by atoms with E-state index in [1.807, 2.05) is 6.26 Å². The molecular weight excluding hydrogens is 254 g/mol. The molecule has 4 heteroatoms. The fourth-order valence-corrected chi connectivity index (χ4v) is 3.53. The van der Waals surface area contributed by atoms with E-state index in [-0.39, 0.29) is 0 Å². The van der Waals surface area contributed by atoms with E-state index in [2.05, 4.69) is 23.4 Å². The second-order valence-electron chi connectivity index (χ2n) is 5.88. The molecule has 2 saturated carbocycles. The number of hydrogen-bond acceptors (Lipinski definition) is 4. The average Bonchev–Trinajstić information content (AvgIpc) is 3.08. The van der Waals surface area contributed by atoms with Crippen molar-refractivity contribution in [2.24, 2.45) is 0 Å². The molecule has 0 bridgehead atoms. The molecular formula is C15H23N3S. The van der Waals surface area contributed by atoms with Crippen molar-refractivity contribution >= 4 is 17.6 Å². The fraction of sp³-hybridized carbons (Fsp3) is 0.733. The molecule has 0 atom stereocenters. The van der Waals surface area contributed by atoms with Crippen LogP contribution in [0.15, 0.2) is 11.4 Å². The van der Waals surface area contributed by atoms with Crippen molar-refractivity contribution in [3.63, 3.8) is 0 Å². The van der Waals surface area contributed by atoms with Gasteiger partial charge in [-0.15, -0.1) is 0 Å². The van der Waals surface area contributed by atoms with Crippen molar-refractivity contribution in [1.29, 1.82) is 0 Å². The summed E-state index contributed by atoms with van der Waals surface area (Å²) in [6.45, 7) is 2.29. The molecule has 1 N–H and O–H groups in total. The van der Waals surface area contributed by atoms with Gasteiger partial charge in [0.05, 0.1) is 0 Å². The number of rotatable bonds is 5. The van der Waals surface area contributed by atoms with Crippen LogP contribution in [0.4, 0.5) is 5.82 Å². The van der Waals surface area contributed by atoms with E-state index in [4.69, 9.17) is 4.98 Å². The van der Waals surface area contributed by atoms with Crippen molar-refractivity contribution in [1.82, 2.24) is 9.97 Å². The van der Waals surface area contributed by atoms with Crippen molar-refractivity contribution in [2.45, 2.75) is 68.5 Å². The molecule has 19 heavy (non-hydrogen) atoms. The first kappa shape index (κ1) is 13.2. The monoisotopic (exact) mass is 277 g/mol. The van der Waals surface area contributed by atoms with Gasteiger partial charge in [-0.05, 0) is 38.4 Å². The number of anilines is 1. The first-order valence-electron chi connectivity index (χ1n) is 7.45. The standard InChI is InChI=1S/C15H23N3S/c1-3-15(8-9-15)12-10-16-14(19-2)18-13(12)17-11-6-4-5-7-11/h10-11H,3-9H2,1-2H3,(H,16,17,18). The lowest BCUT2D eigenvalue weighted by Gasteiger charge is -2.21. The van der Waals surface area contributed by atoms with Gasteiger partial charge < -0.3 is 5.32 Å². The smallest absolute Gasteiger partial charge is 0.189 e. The quantitative estimate of drug-likeness (QED) is 0.652. The average molecular weight is 277 g/mol. The van der Waals surface area contributed by atoms with Gasteiger partial charge in [-0.25, -0.2) is 9.97 Å². The van der Waals surface area contributed by atoms with Gasteiger partial charge in [-0.3, -0.25) is 0 Å². The summed E-state index contributed by atoms with van der Waals surface area (Å²) >= 11 is 1.63. The van der Waals surface area contributed by atoms with Crippen molar-refractivity contribution in [3.05, 3.63) is 11.8 Å². The lowest BCUT2D eigenvalue weighted by Crippen LogP contribution is -2.20. The third kappa shape index (κ3) is 2.60.